The first-order valence-corrected chi connectivity index (χ1v) is 8.73. The first-order valence-electron chi connectivity index (χ1n) is 7.12. The van der Waals surface area contributed by atoms with E-state index in [4.69, 9.17) is 0 Å². The molecule has 1 aromatic carbocycles. The summed E-state index contributed by atoms with van der Waals surface area (Å²) < 4.78 is 101. The van der Waals surface area contributed by atoms with Gasteiger partial charge in [-0.1, -0.05) is 6.08 Å². The number of halogens is 6. The molecule has 2 unspecified atom stereocenters. The largest absolute Gasteiger partial charge is 0.416 e. The fourth-order valence-electron chi connectivity index (χ4n) is 3.21. The molecule has 0 saturated carbocycles. The van der Waals surface area contributed by atoms with Crippen LogP contribution in [0.3, 0.4) is 0 Å². The minimum atomic E-state index is -4.92. The third kappa shape index (κ3) is 2.94. The zero-order chi connectivity index (χ0) is 17.9. The van der Waals surface area contributed by atoms with Gasteiger partial charge in [0.05, 0.1) is 21.6 Å². The highest BCUT2D eigenvalue weighted by molar-refractivity contribution is 7.93. The van der Waals surface area contributed by atoms with E-state index in [2.05, 4.69) is 0 Å². The lowest BCUT2D eigenvalue weighted by Gasteiger charge is -2.22. The summed E-state index contributed by atoms with van der Waals surface area (Å²) in [5, 5.41) is -1.55. The van der Waals surface area contributed by atoms with Gasteiger partial charge in [-0.2, -0.15) is 26.3 Å². The van der Waals surface area contributed by atoms with Crippen molar-refractivity contribution in [2.45, 2.75) is 42.1 Å². The molecule has 2 heterocycles. The molecule has 2 nitrogen and oxygen atoms in total. The molecule has 0 radical (unpaired) electrons. The summed E-state index contributed by atoms with van der Waals surface area (Å²) in [6.45, 7) is 0. The maximum absolute atomic E-state index is 12.9. The maximum Gasteiger partial charge on any atom is 0.416 e. The normalized spacial score (nSPS) is 26.3. The van der Waals surface area contributed by atoms with Crippen LogP contribution in [-0.4, -0.2) is 18.9 Å². The van der Waals surface area contributed by atoms with Crippen LogP contribution in [0, 0.1) is 0 Å². The van der Waals surface area contributed by atoms with Crippen molar-refractivity contribution in [2.75, 3.05) is 0 Å². The van der Waals surface area contributed by atoms with Gasteiger partial charge in [0.25, 0.3) is 0 Å². The fourth-order valence-corrected chi connectivity index (χ4v) is 5.40. The average molecular weight is 370 g/mol. The summed E-state index contributed by atoms with van der Waals surface area (Å²) >= 11 is 0. The van der Waals surface area contributed by atoms with Crippen molar-refractivity contribution in [3.63, 3.8) is 0 Å². The highest BCUT2D eigenvalue weighted by Gasteiger charge is 2.44. The predicted molar refractivity (Wildman–Crippen MR) is 74.8 cm³/mol. The van der Waals surface area contributed by atoms with Crippen LogP contribution in [0.4, 0.5) is 26.3 Å². The highest BCUT2D eigenvalue weighted by atomic mass is 32.2. The zero-order valence-corrected chi connectivity index (χ0v) is 12.9. The molecule has 0 aromatic heterocycles. The van der Waals surface area contributed by atoms with E-state index < -0.39 is 43.8 Å². The Morgan fingerprint density at radius 2 is 1.42 bits per heavy atom. The van der Waals surface area contributed by atoms with Gasteiger partial charge in [0, 0.05) is 0 Å². The van der Waals surface area contributed by atoms with Gasteiger partial charge in [-0.3, -0.25) is 0 Å². The van der Waals surface area contributed by atoms with Crippen LogP contribution in [0.2, 0.25) is 0 Å². The molecule has 24 heavy (non-hydrogen) atoms. The second kappa shape index (κ2) is 5.24. The number of allylic oxidation sites excluding steroid dienone is 1. The third-order valence-corrected chi connectivity index (χ3v) is 7.00. The van der Waals surface area contributed by atoms with Gasteiger partial charge in [-0.05, 0) is 48.6 Å². The minimum Gasteiger partial charge on any atom is -0.228 e. The van der Waals surface area contributed by atoms with Crippen molar-refractivity contribution in [3.05, 3.63) is 41.0 Å². The summed E-state index contributed by atoms with van der Waals surface area (Å²) in [6, 6.07) is 1.37. The molecule has 2 aliphatic heterocycles. The molecular formula is C15H12F6O2S. The molecule has 0 aliphatic carbocycles. The summed E-state index contributed by atoms with van der Waals surface area (Å²) in [4.78, 5) is 0. The number of sulfone groups is 1. The van der Waals surface area contributed by atoms with E-state index in [9.17, 15) is 34.8 Å². The van der Waals surface area contributed by atoms with Gasteiger partial charge in [0.15, 0.2) is 9.84 Å². The lowest BCUT2D eigenvalue weighted by molar-refractivity contribution is -0.143. The molecule has 9 heteroatoms. The van der Waals surface area contributed by atoms with Crippen molar-refractivity contribution in [1.82, 2.24) is 0 Å². The first-order chi connectivity index (χ1) is 10.9. The molecule has 1 aromatic rings. The summed E-state index contributed by atoms with van der Waals surface area (Å²) in [5.74, 6) is 0. The van der Waals surface area contributed by atoms with Crippen LogP contribution in [0.25, 0.3) is 5.57 Å². The topological polar surface area (TPSA) is 34.1 Å². The Labute approximate surface area is 134 Å². The number of fused-ring (bicyclic) bond motifs is 2. The number of hydrogen-bond donors (Lipinski definition) is 0. The Morgan fingerprint density at radius 3 is 1.88 bits per heavy atom. The molecule has 132 valence electrons. The Bertz CT molecular complexity index is 772. The molecule has 1 saturated heterocycles. The fraction of sp³-hybridized carbons (Fsp3) is 0.467. The Morgan fingerprint density at radius 1 is 0.875 bits per heavy atom. The van der Waals surface area contributed by atoms with E-state index in [0.717, 1.165) is 0 Å². The minimum absolute atomic E-state index is 0.0581. The first kappa shape index (κ1) is 17.3. The molecule has 0 N–H and O–H groups in total. The van der Waals surface area contributed by atoms with E-state index in [1.807, 2.05) is 0 Å². The number of alkyl halides is 6. The van der Waals surface area contributed by atoms with Crippen LogP contribution in [-0.2, 0) is 22.2 Å². The quantitative estimate of drug-likeness (QED) is 0.684. The highest BCUT2D eigenvalue weighted by Crippen LogP contribution is 2.43. The molecule has 2 aliphatic rings. The molecule has 3 rings (SSSR count). The van der Waals surface area contributed by atoms with E-state index in [1.165, 1.54) is 6.08 Å². The van der Waals surface area contributed by atoms with Crippen LogP contribution < -0.4 is 0 Å². The smallest absolute Gasteiger partial charge is 0.228 e. The summed E-state index contributed by atoms with van der Waals surface area (Å²) in [7, 11) is -3.37. The van der Waals surface area contributed by atoms with E-state index in [-0.39, 0.29) is 23.6 Å². The van der Waals surface area contributed by atoms with Gasteiger partial charge in [-0.15, -0.1) is 0 Å². The van der Waals surface area contributed by atoms with Crippen molar-refractivity contribution >= 4 is 15.4 Å². The van der Waals surface area contributed by atoms with Gasteiger partial charge in [0.1, 0.15) is 0 Å². The van der Waals surface area contributed by atoms with Crippen LogP contribution in [0.5, 0.6) is 0 Å². The maximum atomic E-state index is 12.9. The average Bonchev–Trinajstić information content (AvgIpc) is 2.65. The molecule has 2 atom stereocenters. The van der Waals surface area contributed by atoms with Crippen molar-refractivity contribution < 1.29 is 34.8 Å². The van der Waals surface area contributed by atoms with Crippen LogP contribution in [0.15, 0.2) is 24.3 Å². The number of benzene rings is 1. The van der Waals surface area contributed by atoms with Gasteiger partial charge < -0.3 is 0 Å². The van der Waals surface area contributed by atoms with Gasteiger partial charge in [0.2, 0.25) is 0 Å². The summed E-state index contributed by atoms with van der Waals surface area (Å²) in [6.07, 6.45) is -7.88. The SMILES string of the molecule is O=S1(=O)C2C=C(c3cc(C(F)(F)F)cc(C(F)(F)F)c3)CC1CC2. The third-order valence-electron chi connectivity index (χ3n) is 4.45. The molecule has 2 bridgehead atoms. The monoisotopic (exact) mass is 370 g/mol. The molecule has 1 fully saturated rings. The molecule has 0 amide bonds. The van der Waals surface area contributed by atoms with E-state index in [0.29, 0.717) is 25.0 Å². The standard InChI is InChI=1S/C15H12F6O2S/c16-14(17,18)10-3-8(4-11(7-10)15(19,20)21)9-5-12-1-2-13(6-9)24(12,22)23/h3-5,7,12-13H,1-2,6H2. The van der Waals surface area contributed by atoms with Crippen LogP contribution >= 0.6 is 0 Å². The van der Waals surface area contributed by atoms with Crippen molar-refractivity contribution in [1.29, 1.82) is 0 Å². The number of rotatable bonds is 1. The molecular weight excluding hydrogens is 358 g/mol. The second-order valence-corrected chi connectivity index (χ2v) is 8.47. The van der Waals surface area contributed by atoms with Gasteiger partial charge in [-0.25, -0.2) is 8.42 Å². The van der Waals surface area contributed by atoms with Crippen molar-refractivity contribution in [3.8, 4) is 0 Å². The lowest BCUT2D eigenvalue weighted by atomic mass is 9.96. The van der Waals surface area contributed by atoms with E-state index in [1.54, 1.807) is 0 Å². The Hall–Kier alpha value is -1.51. The van der Waals surface area contributed by atoms with Crippen LogP contribution in [0.1, 0.15) is 36.0 Å². The zero-order valence-electron chi connectivity index (χ0n) is 12.1. The number of hydrogen-bond acceptors (Lipinski definition) is 2. The van der Waals surface area contributed by atoms with E-state index >= 15 is 0 Å². The summed E-state index contributed by atoms with van der Waals surface area (Å²) in [5.41, 5.74) is -2.78. The lowest BCUT2D eigenvalue weighted by Crippen LogP contribution is -2.26. The Kier molecular flexibility index (Phi) is 3.78. The predicted octanol–water partition coefficient (Wildman–Crippen LogP) is 4.46. The second-order valence-electron chi connectivity index (χ2n) is 6.02. The van der Waals surface area contributed by atoms with Crippen molar-refractivity contribution in [2.24, 2.45) is 0 Å². The van der Waals surface area contributed by atoms with Gasteiger partial charge >= 0.3 is 12.4 Å². The molecule has 0 spiro atoms. The Balaban J connectivity index is 2.12.